The monoisotopic (exact) mass is 433 g/mol. The topological polar surface area (TPSA) is 104 Å². The maximum absolute atomic E-state index is 12.9. The molecule has 0 saturated heterocycles. The average molecular weight is 433 g/mol. The summed E-state index contributed by atoms with van der Waals surface area (Å²) in [6.07, 6.45) is -2.82. The van der Waals surface area contributed by atoms with Crippen LogP contribution in [0, 0.1) is 11.3 Å². The molecule has 2 aromatic heterocycles. The maximum atomic E-state index is 12.9. The van der Waals surface area contributed by atoms with Gasteiger partial charge in [-0.2, -0.15) is 23.5 Å². The second kappa shape index (κ2) is 8.08. The van der Waals surface area contributed by atoms with E-state index in [4.69, 9.17) is 0 Å². The fourth-order valence-corrected chi connectivity index (χ4v) is 3.21. The van der Waals surface area contributed by atoms with Crippen LogP contribution in [-0.4, -0.2) is 26.9 Å². The lowest BCUT2D eigenvalue weighted by molar-refractivity contribution is -0.137. The van der Waals surface area contributed by atoms with Gasteiger partial charge in [-0.1, -0.05) is 12.1 Å². The summed E-state index contributed by atoms with van der Waals surface area (Å²) in [4.78, 5) is 27.2. The van der Waals surface area contributed by atoms with Crippen LogP contribution in [0.15, 0.2) is 46.2 Å². The minimum absolute atomic E-state index is 0.141. The van der Waals surface area contributed by atoms with Crippen LogP contribution < -0.4 is 10.9 Å². The fourth-order valence-electron chi connectivity index (χ4n) is 2.69. The van der Waals surface area contributed by atoms with Gasteiger partial charge in [-0.05, 0) is 24.5 Å². The molecule has 3 aromatic rings. The Morgan fingerprint density at radius 1 is 1.30 bits per heavy atom. The molecule has 3 rings (SSSR count). The lowest BCUT2D eigenvalue weighted by Gasteiger charge is -2.07. The summed E-state index contributed by atoms with van der Waals surface area (Å²) in [7, 11) is 1.49. The zero-order chi connectivity index (χ0) is 22.1. The highest BCUT2D eigenvalue weighted by Crippen LogP contribution is 2.32. The molecule has 0 aliphatic carbocycles. The number of aromatic nitrogens is 3. The van der Waals surface area contributed by atoms with Crippen LogP contribution in [0.1, 0.15) is 21.5 Å². The van der Waals surface area contributed by atoms with Crippen LogP contribution in [0.5, 0.6) is 0 Å². The van der Waals surface area contributed by atoms with Crippen LogP contribution in [0.3, 0.4) is 0 Å². The third kappa shape index (κ3) is 4.23. The van der Waals surface area contributed by atoms with Gasteiger partial charge < -0.3 is 10.3 Å². The van der Waals surface area contributed by atoms with Gasteiger partial charge in [0.2, 0.25) is 0 Å². The number of thioether (sulfide) groups is 1. The molecule has 0 atom stereocenters. The van der Waals surface area contributed by atoms with Gasteiger partial charge in [-0.15, -0.1) is 11.8 Å². The van der Waals surface area contributed by atoms with E-state index in [1.54, 1.807) is 6.26 Å². The molecule has 0 radical (unpaired) electrons. The molecule has 0 saturated carbocycles. The Morgan fingerprint density at radius 2 is 2.03 bits per heavy atom. The lowest BCUT2D eigenvalue weighted by atomic mass is 10.1. The molecule has 0 fully saturated rings. The number of anilines is 1. The number of alkyl halides is 3. The average Bonchev–Trinajstić information content (AvgIpc) is 3.07. The van der Waals surface area contributed by atoms with Crippen molar-refractivity contribution in [3.63, 3.8) is 0 Å². The standard InChI is InChI=1S/C19H14F3N5O2S/c1-27-15(8-14(26-27)10-4-3-5-12(6-10)19(20,21)22)24-16(28)13-7-11(9-23)18(30-2)25-17(13)29/h3-8H,1-2H3,(H,24,28)(H,25,29). The minimum atomic E-state index is -4.50. The smallest absolute Gasteiger partial charge is 0.315 e. The number of hydrogen-bond acceptors (Lipinski definition) is 5. The predicted octanol–water partition coefficient (Wildman–Crippen LogP) is 3.64. The van der Waals surface area contributed by atoms with E-state index in [2.05, 4.69) is 15.4 Å². The van der Waals surface area contributed by atoms with Crippen molar-refractivity contribution in [3.05, 3.63) is 63.4 Å². The van der Waals surface area contributed by atoms with Crippen LogP contribution in [0.4, 0.5) is 19.0 Å². The number of rotatable bonds is 4. The second-order valence-corrected chi connectivity index (χ2v) is 6.96. The third-order valence-electron chi connectivity index (χ3n) is 4.18. The predicted molar refractivity (Wildman–Crippen MR) is 105 cm³/mol. The molecular formula is C19H14F3N5O2S. The first-order valence-electron chi connectivity index (χ1n) is 8.38. The molecule has 2 heterocycles. The first kappa shape index (κ1) is 21.2. The number of benzene rings is 1. The highest BCUT2D eigenvalue weighted by Gasteiger charge is 2.30. The number of hydrogen-bond donors (Lipinski definition) is 2. The number of nitrogens with zero attached hydrogens (tertiary/aromatic N) is 3. The van der Waals surface area contributed by atoms with Gasteiger partial charge in [0.15, 0.2) is 0 Å². The quantitative estimate of drug-likeness (QED) is 0.612. The van der Waals surface area contributed by atoms with Gasteiger partial charge in [0.25, 0.3) is 11.5 Å². The van der Waals surface area contributed by atoms with Crippen molar-refractivity contribution in [2.45, 2.75) is 11.2 Å². The highest BCUT2D eigenvalue weighted by atomic mass is 32.2. The number of aryl methyl sites for hydroxylation is 1. The number of aromatic amines is 1. The summed E-state index contributed by atoms with van der Waals surface area (Å²) in [6, 6.07) is 9.12. The third-order valence-corrected chi connectivity index (χ3v) is 4.91. The Labute approximate surface area is 172 Å². The number of nitrogens with one attached hydrogen (secondary N) is 2. The minimum Gasteiger partial charge on any atom is -0.315 e. The molecule has 0 aliphatic rings. The summed E-state index contributed by atoms with van der Waals surface area (Å²) in [5.74, 6) is -0.613. The Hall–Kier alpha value is -3.52. The summed E-state index contributed by atoms with van der Waals surface area (Å²) in [6.45, 7) is 0. The van der Waals surface area contributed by atoms with Crippen LogP contribution in [0.2, 0.25) is 0 Å². The highest BCUT2D eigenvalue weighted by molar-refractivity contribution is 7.98. The SMILES string of the molecule is CSc1[nH]c(=O)c(C(=O)Nc2cc(-c3cccc(C(F)(F)F)c3)nn2C)cc1C#N. The number of amides is 1. The van der Waals surface area contributed by atoms with Crippen molar-refractivity contribution >= 4 is 23.5 Å². The Morgan fingerprint density at radius 3 is 2.67 bits per heavy atom. The number of H-pyrrole nitrogens is 1. The second-order valence-electron chi connectivity index (χ2n) is 6.14. The normalized spacial score (nSPS) is 11.2. The van der Waals surface area contributed by atoms with Crippen molar-refractivity contribution in [1.82, 2.24) is 14.8 Å². The summed E-state index contributed by atoms with van der Waals surface area (Å²) < 4.78 is 40.1. The van der Waals surface area contributed by atoms with Crippen molar-refractivity contribution in [3.8, 4) is 17.3 Å². The zero-order valence-corrected chi connectivity index (χ0v) is 16.5. The lowest BCUT2D eigenvalue weighted by Crippen LogP contribution is -2.24. The summed E-state index contributed by atoms with van der Waals surface area (Å²) in [5, 5.41) is 16.1. The van der Waals surface area contributed by atoms with Gasteiger partial charge in [0, 0.05) is 18.7 Å². The number of carbonyl (C=O) groups is 1. The van der Waals surface area contributed by atoms with E-state index >= 15 is 0 Å². The molecule has 7 nitrogen and oxygen atoms in total. The van der Waals surface area contributed by atoms with Gasteiger partial charge >= 0.3 is 6.18 Å². The number of halogens is 3. The molecule has 2 N–H and O–H groups in total. The Balaban J connectivity index is 1.92. The number of carbonyl (C=O) groups excluding carboxylic acids is 1. The molecule has 0 bridgehead atoms. The van der Waals surface area contributed by atoms with Gasteiger partial charge in [0.05, 0.1) is 21.8 Å². The van der Waals surface area contributed by atoms with Crippen molar-refractivity contribution in [1.29, 1.82) is 5.26 Å². The molecule has 0 aliphatic heterocycles. The number of pyridine rings is 1. The van der Waals surface area contributed by atoms with Crippen molar-refractivity contribution < 1.29 is 18.0 Å². The van der Waals surface area contributed by atoms with Gasteiger partial charge in [-0.3, -0.25) is 14.3 Å². The van der Waals surface area contributed by atoms with Crippen LogP contribution in [-0.2, 0) is 13.2 Å². The Bertz CT molecular complexity index is 1220. The van der Waals surface area contributed by atoms with E-state index in [0.717, 1.165) is 23.9 Å². The molecule has 11 heteroatoms. The van der Waals surface area contributed by atoms with Crippen molar-refractivity contribution in [2.75, 3.05) is 11.6 Å². The first-order valence-corrected chi connectivity index (χ1v) is 9.61. The molecule has 30 heavy (non-hydrogen) atoms. The van der Waals surface area contributed by atoms with E-state index in [-0.39, 0.29) is 28.2 Å². The van der Waals surface area contributed by atoms with E-state index in [0.29, 0.717) is 5.03 Å². The molecular weight excluding hydrogens is 419 g/mol. The van der Waals surface area contributed by atoms with Gasteiger partial charge in [-0.25, -0.2) is 0 Å². The molecule has 154 valence electrons. The summed E-state index contributed by atoms with van der Waals surface area (Å²) in [5.41, 5.74) is -1.19. The van der Waals surface area contributed by atoms with E-state index in [9.17, 15) is 28.0 Å². The van der Waals surface area contributed by atoms with Crippen LogP contribution in [0.25, 0.3) is 11.3 Å². The molecule has 1 aromatic carbocycles. The summed E-state index contributed by atoms with van der Waals surface area (Å²) >= 11 is 1.16. The van der Waals surface area contributed by atoms with E-state index in [1.165, 1.54) is 36.0 Å². The molecule has 0 unspecified atom stereocenters. The zero-order valence-electron chi connectivity index (χ0n) is 15.7. The fraction of sp³-hybridized carbons (Fsp3) is 0.158. The van der Waals surface area contributed by atoms with Crippen molar-refractivity contribution in [2.24, 2.45) is 7.05 Å². The van der Waals surface area contributed by atoms with Crippen LogP contribution >= 0.6 is 11.8 Å². The Kier molecular flexibility index (Phi) is 5.71. The van der Waals surface area contributed by atoms with Gasteiger partial charge in [0.1, 0.15) is 17.5 Å². The number of nitriles is 1. The van der Waals surface area contributed by atoms with E-state index in [1.807, 2.05) is 6.07 Å². The largest absolute Gasteiger partial charge is 0.416 e. The first-order chi connectivity index (χ1) is 14.1. The molecule has 1 amide bonds. The molecule has 0 spiro atoms. The van der Waals surface area contributed by atoms with E-state index < -0.39 is 23.2 Å². The maximum Gasteiger partial charge on any atom is 0.416 e.